The molecule has 0 atom stereocenters. The van der Waals surface area contributed by atoms with Crippen LogP contribution in [0.25, 0.3) is 16.9 Å². The molecule has 2 heterocycles. The molecule has 1 amide bonds. The molecule has 0 bridgehead atoms. The number of rotatable bonds is 4. The van der Waals surface area contributed by atoms with Crippen LogP contribution in [-0.4, -0.2) is 33.8 Å². The summed E-state index contributed by atoms with van der Waals surface area (Å²) in [5.41, 5.74) is 7.59. The number of hydrazine groups is 1. The molecule has 0 radical (unpaired) electrons. The maximum atomic E-state index is 13.2. The zero-order valence-electron chi connectivity index (χ0n) is 19.1. The summed E-state index contributed by atoms with van der Waals surface area (Å²) in [4.78, 5) is 13.2. The van der Waals surface area contributed by atoms with Gasteiger partial charge in [-0.25, -0.2) is 9.69 Å². The van der Waals surface area contributed by atoms with E-state index < -0.39 is 0 Å². The minimum absolute atomic E-state index is 0.212. The van der Waals surface area contributed by atoms with Gasteiger partial charge >= 0.3 is 0 Å². The van der Waals surface area contributed by atoms with Crippen LogP contribution in [0, 0.1) is 24.7 Å². The molecule has 1 saturated carbocycles. The number of benzene rings is 2. The summed E-state index contributed by atoms with van der Waals surface area (Å²) in [6.07, 6.45) is 5.76. The van der Waals surface area contributed by atoms with E-state index in [4.69, 9.17) is 28.3 Å². The van der Waals surface area contributed by atoms with Gasteiger partial charge in [0, 0.05) is 40.7 Å². The van der Waals surface area contributed by atoms with E-state index in [-0.39, 0.29) is 5.91 Å². The molecule has 7 heteroatoms. The number of amides is 1. The third-order valence-electron chi connectivity index (χ3n) is 6.25. The molecule has 1 aromatic heterocycles. The largest absolute Gasteiger partial charge is 0.286 e. The Morgan fingerprint density at radius 1 is 1.06 bits per heavy atom. The van der Waals surface area contributed by atoms with E-state index in [0.717, 1.165) is 48.3 Å². The number of nitrogens with zero attached hydrogens (tertiary/aromatic N) is 3. The summed E-state index contributed by atoms with van der Waals surface area (Å²) >= 11 is 12.7. The van der Waals surface area contributed by atoms with Gasteiger partial charge in [0.25, 0.3) is 5.91 Å². The Hall–Kier alpha value is -2.78. The summed E-state index contributed by atoms with van der Waals surface area (Å²) < 4.78 is 1.74. The van der Waals surface area contributed by atoms with Crippen molar-refractivity contribution in [1.82, 2.24) is 20.2 Å². The molecule has 5 rings (SSSR count). The van der Waals surface area contributed by atoms with Gasteiger partial charge in [-0.3, -0.25) is 10.2 Å². The normalized spacial score (nSPS) is 16.1. The van der Waals surface area contributed by atoms with E-state index in [2.05, 4.69) is 17.3 Å². The highest BCUT2D eigenvalue weighted by molar-refractivity contribution is 6.35. The maximum Gasteiger partial charge on any atom is 0.286 e. The minimum atomic E-state index is -0.212. The number of hydrogen-bond acceptors (Lipinski definition) is 3. The molecule has 5 nitrogen and oxygen atoms in total. The lowest BCUT2D eigenvalue weighted by molar-refractivity contribution is 0.0743. The van der Waals surface area contributed by atoms with E-state index in [0.29, 0.717) is 27.3 Å². The van der Waals surface area contributed by atoms with Crippen LogP contribution in [0.2, 0.25) is 10.0 Å². The molecule has 174 valence electrons. The van der Waals surface area contributed by atoms with Gasteiger partial charge in [-0.05, 0) is 62.9 Å². The Morgan fingerprint density at radius 3 is 2.47 bits per heavy atom. The van der Waals surface area contributed by atoms with Crippen LogP contribution in [0.3, 0.4) is 0 Å². The van der Waals surface area contributed by atoms with Gasteiger partial charge in [0.2, 0.25) is 0 Å². The molecule has 2 aromatic carbocycles. The van der Waals surface area contributed by atoms with Gasteiger partial charge in [-0.15, -0.1) is 0 Å². The average Bonchev–Trinajstić information content (AvgIpc) is 3.60. The Balaban J connectivity index is 1.54. The number of piperidine rings is 1. The SMILES string of the molecule is Cc1c(C(=O)NN2CCCCC2)nn(-c2ccc(Cl)cc2Cl)c1-c1ccc(C#CC2CC2)cc1. The molecule has 1 N–H and O–H groups in total. The van der Waals surface area contributed by atoms with Gasteiger partial charge in [0.05, 0.1) is 16.4 Å². The van der Waals surface area contributed by atoms with Crippen LogP contribution in [0.15, 0.2) is 42.5 Å². The van der Waals surface area contributed by atoms with Crippen LogP contribution in [-0.2, 0) is 0 Å². The fourth-order valence-electron chi connectivity index (χ4n) is 4.20. The first-order valence-electron chi connectivity index (χ1n) is 11.7. The Labute approximate surface area is 210 Å². The number of halogens is 2. The van der Waals surface area contributed by atoms with E-state index in [1.807, 2.05) is 42.3 Å². The van der Waals surface area contributed by atoms with Gasteiger partial charge in [-0.1, -0.05) is 53.6 Å². The summed E-state index contributed by atoms with van der Waals surface area (Å²) in [5, 5.41) is 7.71. The number of nitrogens with one attached hydrogen (secondary N) is 1. The number of carbonyl (C=O) groups is 1. The topological polar surface area (TPSA) is 50.2 Å². The average molecular weight is 493 g/mol. The number of hydrogen-bond donors (Lipinski definition) is 1. The zero-order chi connectivity index (χ0) is 23.7. The fraction of sp³-hybridized carbons (Fsp3) is 0.333. The molecule has 1 aliphatic carbocycles. The van der Waals surface area contributed by atoms with Crippen LogP contribution in [0.4, 0.5) is 0 Å². The van der Waals surface area contributed by atoms with Crippen molar-refractivity contribution in [2.75, 3.05) is 13.1 Å². The lowest BCUT2D eigenvalue weighted by Crippen LogP contribution is -2.45. The second-order valence-corrected chi connectivity index (χ2v) is 9.78. The van der Waals surface area contributed by atoms with Crippen molar-refractivity contribution in [2.45, 2.75) is 39.0 Å². The smallest absolute Gasteiger partial charge is 0.283 e. The predicted octanol–water partition coefficient (Wildman–Crippen LogP) is 6.05. The molecular weight excluding hydrogens is 467 g/mol. The fourth-order valence-corrected chi connectivity index (χ4v) is 4.69. The van der Waals surface area contributed by atoms with E-state index in [1.165, 1.54) is 19.3 Å². The van der Waals surface area contributed by atoms with Crippen molar-refractivity contribution in [2.24, 2.45) is 5.92 Å². The summed E-state index contributed by atoms with van der Waals surface area (Å²) in [5.74, 6) is 6.89. The van der Waals surface area contributed by atoms with Crippen molar-refractivity contribution in [1.29, 1.82) is 0 Å². The van der Waals surface area contributed by atoms with Crippen LogP contribution < -0.4 is 5.43 Å². The Bertz CT molecular complexity index is 1280. The first-order valence-corrected chi connectivity index (χ1v) is 12.5. The van der Waals surface area contributed by atoms with Gasteiger partial charge in [-0.2, -0.15) is 5.10 Å². The molecule has 3 aromatic rings. The Morgan fingerprint density at radius 2 is 1.79 bits per heavy atom. The number of aromatic nitrogens is 2. The summed E-state index contributed by atoms with van der Waals surface area (Å²) in [6, 6.07) is 13.3. The zero-order valence-corrected chi connectivity index (χ0v) is 20.6. The second-order valence-electron chi connectivity index (χ2n) is 8.94. The highest BCUT2D eigenvalue weighted by Crippen LogP contribution is 2.33. The molecule has 34 heavy (non-hydrogen) atoms. The van der Waals surface area contributed by atoms with Crippen molar-refractivity contribution in [3.63, 3.8) is 0 Å². The third kappa shape index (κ3) is 5.00. The minimum Gasteiger partial charge on any atom is -0.283 e. The quantitative estimate of drug-likeness (QED) is 0.451. The lowest BCUT2D eigenvalue weighted by Gasteiger charge is -2.26. The Kier molecular flexibility index (Phi) is 6.65. The highest BCUT2D eigenvalue weighted by Gasteiger charge is 2.25. The molecule has 1 saturated heterocycles. The third-order valence-corrected chi connectivity index (χ3v) is 6.79. The van der Waals surface area contributed by atoms with Crippen LogP contribution in [0.5, 0.6) is 0 Å². The van der Waals surface area contributed by atoms with Crippen LogP contribution >= 0.6 is 23.2 Å². The summed E-state index contributed by atoms with van der Waals surface area (Å²) in [7, 11) is 0. The first kappa shape index (κ1) is 23.0. The van der Waals surface area contributed by atoms with Crippen molar-refractivity contribution in [3.8, 4) is 28.8 Å². The molecular formula is C27H26Cl2N4O. The van der Waals surface area contributed by atoms with E-state index in [9.17, 15) is 4.79 Å². The van der Waals surface area contributed by atoms with Crippen molar-refractivity contribution in [3.05, 3.63) is 69.3 Å². The van der Waals surface area contributed by atoms with E-state index in [1.54, 1.807) is 16.8 Å². The molecule has 1 aliphatic heterocycles. The highest BCUT2D eigenvalue weighted by atomic mass is 35.5. The molecule has 0 spiro atoms. The van der Waals surface area contributed by atoms with Gasteiger partial charge in [0.15, 0.2) is 5.69 Å². The maximum absolute atomic E-state index is 13.2. The lowest BCUT2D eigenvalue weighted by atomic mass is 10.0. The second kappa shape index (κ2) is 9.84. The first-order chi connectivity index (χ1) is 16.5. The molecule has 2 fully saturated rings. The van der Waals surface area contributed by atoms with Crippen molar-refractivity contribution < 1.29 is 4.79 Å². The predicted molar refractivity (Wildman–Crippen MR) is 136 cm³/mol. The monoisotopic (exact) mass is 492 g/mol. The van der Waals surface area contributed by atoms with Gasteiger partial charge < -0.3 is 0 Å². The summed E-state index contributed by atoms with van der Waals surface area (Å²) in [6.45, 7) is 3.63. The molecule has 0 unspecified atom stereocenters. The van der Waals surface area contributed by atoms with Gasteiger partial charge in [0.1, 0.15) is 0 Å². The van der Waals surface area contributed by atoms with Crippen molar-refractivity contribution >= 4 is 29.1 Å². The standard InChI is InChI=1S/C27H26Cl2N4O/c1-18-25(27(34)31-32-15-3-2-4-16-32)30-33(24-14-13-22(28)17-23(24)29)26(18)21-11-9-20(10-12-21)8-7-19-5-6-19/h9-14,17,19H,2-6,15-16H2,1H3,(H,31,34). The van der Waals surface area contributed by atoms with E-state index >= 15 is 0 Å². The van der Waals surface area contributed by atoms with Crippen LogP contribution in [0.1, 0.15) is 53.7 Å². The number of carbonyl (C=O) groups excluding carboxylic acids is 1. The molecule has 2 aliphatic rings.